The Bertz CT molecular complexity index is 347. The van der Waals surface area contributed by atoms with Crippen molar-refractivity contribution in [2.24, 2.45) is 12.5 Å². The maximum absolute atomic E-state index is 4.15. The number of rotatable bonds is 1. The molecule has 1 heterocycles. The molecule has 0 bridgehead atoms. The van der Waals surface area contributed by atoms with Gasteiger partial charge in [-0.1, -0.05) is 29.8 Å². The van der Waals surface area contributed by atoms with Gasteiger partial charge in [-0.3, -0.25) is 0 Å². The third kappa shape index (κ3) is 2.07. The van der Waals surface area contributed by atoms with Crippen LogP contribution in [0.1, 0.15) is 44.9 Å². The Balaban J connectivity index is 2.29. The maximum Gasteiger partial charge on any atom is 0.154 e. The standard InChI is InChI=1S/C10H17BrN4/c1-10(2)5-4-7(11)6-8(10)9-12-13-14-15(9)3/h7-8H,4-6H2,1-3H3. The van der Waals surface area contributed by atoms with Gasteiger partial charge in [-0.05, 0) is 35.1 Å². The van der Waals surface area contributed by atoms with Crippen molar-refractivity contribution in [3.63, 3.8) is 0 Å². The van der Waals surface area contributed by atoms with Crippen LogP contribution in [-0.4, -0.2) is 25.0 Å². The molecule has 1 aliphatic carbocycles. The molecule has 1 aromatic heterocycles. The number of hydrogen-bond acceptors (Lipinski definition) is 3. The molecule has 1 fully saturated rings. The first-order valence-corrected chi connectivity index (χ1v) is 6.28. The van der Waals surface area contributed by atoms with Crippen molar-refractivity contribution in [3.05, 3.63) is 5.82 Å². The molecule has 2 atom stereocenters. The molecule has 0 N–H and O–H groups in total. The lowest BCUT2D eigenvalue weighted by atomic mass is 9.68. The van der Waals surface area contributed by atoms with E-state index in [9.17, 15) is 0 Å². The van der Waals surface area contributed by atoms with Gasteiger partial charge in [-0.2, -0.15) is 0 Å². The molecule has 1 aromatic rings. The molecule has 4 nitrogen and oxygen atoms in total. The van der Waals surface area contributed by atoms with E-state index in [-0.39, 0.29) is 0 Å². The number of alkyl halides is 1. The minimum absolute atomic E-state index is 0.298. The van der Waals surface area contributed by atoms with Crippen LogP contribution in [0.5, 0.6) is 0 Å². The van der Waals surface area contributed by atoms with Crippen LogP contribution in [0.15, 0.2) is 0 Å². The lowest BCUT2D eigenvalue weighted by molar-refractivity contribution is 0.194. The smallest absolute Gasteiger partial charge is 0.154 e. The first-order valence-electron chi connectivity index (χ1n) is 5.37. The zero-order chi connectivity index (χ0) is 11.1. The van der Waals surface area contributed by atoms with E-state index < -0.39 is 0 Å². The van der Waals surface area contributed by atoms with Gasteiger partial charge < -0.3 is 0 Å². The van der Waals surface area contributed by atoms with Crippen LogP contribution in [0, 0.1) is 5.41 Å². The second-order valence-corrected chi connectivity index (χ2v) is 6.37. The maximum atomic E-state index is 4.15. The first-order chi connectivity index (χ1) is 7.00. The van der Waals surface area contributed by atoms with Crippen molar-refractivity contribution in [3.8, 4) is 0 Å². The highest BCUT2D eigenvalue weighted by Crippen LogP contribution is 2.47. The van der Waals surface area contributed by atoms with Crippen molar-refractivity contribution >= 4 is 15.9 Å². The molecule has 0 amide bonds. The van der Waals surface area contributed by atoms with Gasteiger partial charge in [0.15, 0.2) is 5.82 Å². The topological polar surface area (TPSA) is 43.6 Å². The second-order valence-electron chi connectivity index (χ2n) is 5.07. The molecular weight excluding hydrogens is 256 g/mol. The van der Waals surface area contributed by atoms with E-state index in [1.54, 1.807) is 4.68 Å². The van der Waals surface area contributed by atoms with E-state index in [1.165, 1.54) is 12.8 Å². The summed E-state index contributed by atoms with van der Waals surface area (Å²) in [4.78, 5) is 0.604. The number of tetrazole rings is 1. The van der Waals surface area contributed by atoms with Crippen molar-refractivity contribution in [1.29, 1.82) is 0 Å². The largest absolute Gasteiger partial charge is 0.232 e. The average Bonchev–Trinajstić information content (AvgIpc) is 2.56. The summed E-state index contributed by atoms with van der Waals surface area (Å²) in [6.45, 7) is 4.62. The van der Waals surface area contributed by atoms with Crippen molar-refractivity contribution in [1.82, 2.24) is 20.2 Å². The van der Waals surface area contributed by atoms with E-state index in [4.69, 9.17) is 0 Å². The highest BCUT2D eigenvalue weighted by atomic mass is 79.9. The van der Waals surface area contributed by atoms with Gasteiger partial charge in [0.05, 0.1) is 0 Å². The number of aromatic nitrogens is 4. The molecule has 0 aliphatic heterocycles. The quantitative estimate of drug-likeness (QED) is 0.737. The van der Waals surface area contributed by atoms with Crippen LogP contribution in [0.4, 0.5) is 0 Å². The molecule has 1 saturated carbocycles. The van der Waals surface area contributed by atoms with Gasteiger partial charge in [0.1, 0.15) is 0 Å². The summed E-state index contributed by atoms with van der Waals surface area (Å²) in [5, 5.41) is 11.8. The number of hydrogen-bond donors (Lipinski definition) is 0. The Hall–Kier alpha value is -0.450. The SMILES string of the molecule is Cn1nnnc1C1CC(Br)CCC1(C)C. The lowest BCUT2D eigenvalue weighted by Gasteiger charge is -2.39. The second kappa shape index (κ2) is 3.85. The summed E-state index contributed by atoms with van der Waals surface area (Å²) >= 11 is 3.71. The third-order valence-electron chi connectivity index (χ3n) is 3.50. The van der Waals surface area contributed by atoms with Crippen LogP contribution in [0.3, 0.4) is 0 Å². The Morgan fingerprint density at radius 1 is 1.47 bits per heavy atom. The van der Waals surface area contributed by atoms with Gasteiger partial charge in [-0.25, -0.2) is 4.68 Å². The molecule has 84 valence electrons. The molecule has 1 aliphatic rings. The van der Waals surface area contributed by atoms with Gasteiger partial charge in [-0.15, -0.1) is 5.10 Å². The Morgan fingerprint density at radius 3 is 2.80 bits per heavy atom. The molecule has 0 radical (unpaired) electrons. The fourth-order valence-electron chi connectivity index (χ4n) is 2.38. The van der Waals surface area contributed by atoms with Crippen LogP contribution >= 0.6 is 15.9 Å². The van der Waals surface area contributed by atoms with Crippen LogP contribution in [-0.2, 0) is 7.05 Å². The summed E-state index contributed by atoms with van der Waals surface area (Å²) in [7, 11) is 1.92. The molecule has 2 rings (SSSR count). The third-order valence-corrected chi connectivity index (χ3v) is 4.33. The van der Waals surface area contributed by atoms with E-state index in [1.807, 2.05) is 7.05 Å². The van der Waals surface area contributed by atoms with Crippen LogP contribution in [0.25, 0.3) is 0 Å². The highest BCUT2D eigenvalue weighted by molar-refractivity contribution is 9.09. The summed E-state index contributed by atoms with van der Waals surface area (Å²) in [6, 6.07) is 0. The van der Waals surface area contributed by atoms with Crippen LogP contribution in [0.2, 0.25) is 0 Å². The monoisotopic (exact) mass is 272 g/mol. The predicted molar refractivity (Wildman–Crippen MR) is 61.9 cm³/mol. The fourth-order valence-corrected chi connectivity index (χ4v) is 2.98. The molecule has 0 spiro atoms. The molecule has 0 saturated heterocycles. The van der Waals surface area contributed by atoms with Gasteiger partial charge in [0.2, 0.25) is 0 Å². The minimum atomic E-state index is 0.298. The van der Waals surface area contributed by atoms with E-state index >= 15 is 0 Å². The number of halogens is 1. The van der Waals surface area contributed by atoms with E-state index in [0.717, 1.165) is 12.2 Å². The summed E-state index contributed by atoms with van der Waals surface area (Å²) < 4.78 is 1.80. The van der Waals surface area contributed by atoms with Gasteiger partial charge >= 0.3 is 0 Å². The van der Waals surface area contributed by atoms with Gasteiger partial charge in [0.25, 0.3) is 0 Å². The van der Waals surface area contributed by atoms with E-state index in [2.05, 4.69) is 45.3 Å². The predicted octanol–water partition coefficient (Wildman–Crippen LogP) is 2.27. The minimum Gasteiger partial charge on any atom is -0.232 e. The zero-order valence-electron chi connectivity index (χ0n) is 9.44. The molecule has 0 aromatic carbocycles. The average molecular weight is 273 g/mol. The molecular formula is C10H17BrN4. The van der Waals surface area contributed by atoms with E-state index in [0.29, 0.717) is 16.2 Å². The number of nitrogens with zero attached hydrogens (tertiary/aromatic N) is 4. The Labute approximate surface area is 98.6 Å². The normalized spacial score (nSPS) is 30.4. The van der Waals surface area contributed by atoms with Gasteiger partial charge in [0, 0.05) is 17.8 Å². The lowest BCUT2D eigenvalue weighted by Crippen LogP contribution is -2.32. The molecule has 2 unspecified atom stereocenters. The van der Waals surface area contributed by atoms with Crippen molar-refractivity contribution in [2.45, 2.75) is 43.9 Å². The zero-order valence-corrected chi connectivity index (χ0v) is 11.0. The summed E-state index contributed by atoms with van der Waals surface area (Å²) in [5.74, 6) is 1.47. The summed E-state index contributed by atoms with van der Waals surface area (Å²) in [6.07, 6.45) is 3.59. The number of aryl methyl sites for hydroxylation is 1. The van der Waals surface area contributed by atoms with Crippen LogP contribution < -0.4 is 0 Å². The van der Waals surface area contributed by atoms with Crippen molar-refractivity contribution in [2.75, 3.05) is 0 Å². The Morgan fingerprint density at radius 2 is 2.20 bits per heavy atom. The molecule has 15 heavy (non-hydrogen) atoms. The first kappa shape index (κ1) is 11.0. The van der Waals surface area contributed by atoms with Crippen molar-refractivity contribution < 1.29 is 0 Å². The fraction of sp³-hybridized carbons (Fsp3) is 0.900. The molecule has 5 heteroatoms. The Kier molecular flexibility index (Phi) is 2.83. The highest BCUT2D eigenvalue weighted by Gasteiger charge is 2.39. The summed E-state index contributed by atoms with van der Waals surface area (Å²) in [5.41, 5.74) is 0.298.